The maximum absolute atomic E-state index is 4.71. The Bertz CT molecular complexity index is 522. The van der Waals surface area contributed by atoms with Gasteiger partial charge in [-0.1, -0.05) is 39.0 Å². The third-order valence-electron chi connectivity index (χ3n) is 3.58. The van der Waals surface area contributed by atoms with E-state index in [2.05, 4.69) is 50.4 Å². The second-order valence-corrected chi connectivity index (χ2v) is 5.96. The Morgan fingerprint density at radius 3 is 2.76 bits per heavy atom. The highest BCUT2D eigenvalue weighted by atomic mass is 15.1. The minimum atomic E-state index is 0.271. The van der Waals surface area contributed by atoms with Crippen molar-refractivity contribution in [3.63, 3.8) is 0 Å². The summed E-state index contributed by atoms with van der Waals surface area (Å²) in [6.07, 6.45) is 1.08. The van der Waals surface area contributed by atoms with Gasteiger partial charge in [0.1, 0.15) is 5.82 Å². The first kappa shape index (κ1) is 10.6. The smallest absolute Gasteiger partial charge is 0.130 e. The fourth-order valence-corrected chi connectivity index (χ4v) is 2.40. The van der Waals surface area contributed by atoms with Gasteiger partial charge in [-0.05, 0) is 29.5 Å². The molecule has 17 heavy (non-hydrogen) atoms. The minimum Gasteiger partial charge on any atom is -0.366 e. The first-order valence-corrected chi connectivity index (χ1v) is 6.19. The number of pyridine rings is 1. The average molecular weight is 226 g/mol. The molecular formula is C15H18N2. The zero-order valence-corrected chi connectivity index (χ0v) is 10.6. The number of nitrogens with zero attached hydrogens (tertiary/aromatic N) is 1. The fraction of sp³-hybridized carbons (Fsp3) is 0.400. The van der Waals surface area contributed by atoms with Gasteiger partial charge in [0.2, 0.25) is 0 Å². The second-order valence-electron chi connectivity index (χ2n) is 5.96. The molecule has 1 atom stereocenters. The molecule has 3 rings (SSSR count). The molecule has 1 aliphatic rings. The molecule has 2 heterocycles. The Morgan fingerprint density at radius 2 is 2.00 bits per heavy atom. The third-order valence-corrected chi connectivity index (χ3v) is 3.58. The van der Waals surface area contributed by atoms with Gasteiger partial charge in [0.25, 0.3) is 0 Å². The summed E-state index contributed by atoms with van der Waals surface area (Å²) < 4.78 is 0. The number of anilines is 1. The Hall–Kier alpha value is -1.57. The van der Waals surface area contributed by atoms with Gasteiger partial charge in [0.05, 0.1) is 5.52 Å². The van der Waals surface area contributed by atoms with Crippen molar-refractivity contribution in [3.8, 4) is 0 Å². The molecule has 0 fully saturated rings. The molecule has 0 spiro atoms. The maximum atomic E-state index is 4.71. The van der Waals surface area contributed by atoms with Crippen LogP contribution in [-0.4, -0.2) is 11.0 Å². The molecule has 1 aromatic heterocycles. The molecule has 0 unspecified atom stereocenters. The van der Waals surface area contributed by atoms with Crippen LogP contribution in [0.15, 0.2) is 30.3 Å². The molecule has 1 N–H and O–H groups in total. The molecule has 0 saturated carbocycles. The molecule has 2 heteroatoms. The van der Waals surface area contributed by atoms with Crippen molar-refractivity contribution in [2.45, 2.75) is 33.2 Å². The second kappa shape index (κ2) is 3.46. The van der Waals surface area contributed by atoms with E-state index in [1.54, 1.807) is 0 Å². The summed E-state index contributed by atoms with van der Waals surface area (Å²) >= 11 is 0. The van der Waals surface area contributed by atoms with Crippen LogP contribution in [0.3, 0.4) is 0 Å². The highest BCUT2D eigenvalue weighted by Gasteiger charge is 2.31. The van der Waals surface area contributed by atoms with E-state index in [0.717, 1.165) is 17.8 Å². The first-order valence-electron chi connectivity index (χ1n) is 6.19. The predicted molar refractivity (Wildman–Crippen MR) is 72.3 cm³/mol. The van der Waals surface area contributed by atoms with Crippen LogP contribution in [0.2, 0.25) is 0 Å². The lowest BCUT2D eigenvalue weighted by Gasteiger charge is -2.26. The zero-order valence-electron chi connectivity index (χ0n) is 10.6. The highest BCUT2D eigenvalue weighted by Crippen LogP contribution is 2.34. The lowest BCUT2D eigenvalue weighted by atomic mass is 9.85. The Kier molecular flexibility index (Phi) is 2.15. The summed E-state index contributed by atoms with van der Waals surface area (Å²) in [4.78, 5) is 4.71. The number of nitrogens with one attached hydrogen (secondary N) is 1. The molecule has 1 aromatic carbocycles. The van der Waals surface area contributed by atoms with Gasteiger partial charge in [0.15, 0.2) is 0 Å². The van der Waals surface area contributed by atoms with Crippen LogP contribution >= 0.6 is 0 Å². The normalized spacial score (nSPS) is 19.1. The van der Waals surface area contributed by atoms with E-state index in [4.69, 9.17) is 4.98 Å². The van der Waals surface area contributed by atoms with Gasteiger partial charge in [-0.25, -0.2) is 4.98 Å². The quantitative estimate of drug-likeness (QED) is 0.742. The number of aromatic nitrogens is 1. The number of para-hydroxylation sites is 1. The largest absolute Gasteiger partial charge is 0.366 e. The predicted octanol–water partition coefficient (Wildman–Crippen LogP) is 3.62. The summed E-state index contributed by atoms with van der Waals surface area (Å²) in [6, 6.07) is 11.1. The molecule has 88 valence electrons. The van der Waals surface area contributed by atoms with E-state index in [1.165, 1.54) is 10.9 Å². The topological polar surface area (TPSA) is 24.9 Å². The summed E-state index contributed by atoms with van der Waals surface area (Å²) in [5, 5.41) is 4.79. The van der Waals surface area contributed by atoms with Crippen molar-refractivity contribution in [3.05, 3.63) is 35.9 Å². The van der Waals surface area contributed by atoms with Crippen LogP contribution in [0.25, 0.3) is 10.9 Å². The van der Waals surface area contributed by atoms with E-state index in [9.17, 15) is 0 Å². The molecule has 0 amide bonds. The van der Waals surface area contributed by atoms with Gasteiger partial charge in [-0.2, -0.15) is 0 Å². The van der Waals surface area contributed by atoms with Crippen LogP contribution in [0, 0.1) is 5.41 Å². The highest BCUT2D eigenvalue weighted by molar-refractivity contribution is 5.82. The third kappa shape index (κ3) is 1.78. The molecule has 0 aliphatic carbocycles. The van der Waals surface area contributed by atoms with Crippen LogP contribution in [-0.2, 0) is 6.42 Å². The number of rotatable bonds is 0. The van der Waals surface area contributed by atoms with Crippen molar-refractivity contribution in [1.29, 1.82) is 0 Å². The Labute approximate surface area is 102 Å². The van der Waals surface area contributed by atoms with Crippen molar-refractivity contribution < 1.29 is 0 Å². The van der Waals surface area contributed by atoms with Gasteiger partial charge in [-0.15, -0.1) is 0 Å². The molecule has 0 radical (unpaired) electrons. The van der Waals surface area contributed by atoms with Crippen LogP contribution < -0.4 is 5.32 Å². The van der Waals surface area contributed by atoms with Crippen molar-refractivity contribution in [2.75, 3.05) is 5.32 Å². The fourth-order valence-electron chi connectivity index (χ4n) is 2.40. The van der Waals surface area contributed by atoms with Crippen molar-refractivity contribution >= 4 is 16.7 Å². The number of fused-ring (bicyclic) bond motifs is 2. The molecule has 2 aromatic rings. The minimum absolute atomic E-state index is 0.271. The van der Waals surface area contributed by atoms with Crippen LogP contribution in [0.5, 0.6) is 0 Å². The van der Waals surface area contributed by atoms with E-state index in [1.807, 2.05) is 6.07 Å². The Morgan fingerprint density at radius 1 is 1.24 bits per heavy atom. The summed E-state index contributed by atoms with van der Waals surface area (Å²) in [5.74, 6) is 1.07. The number of hydrogen-bond donors (Lipinski definition) is 1. The van der Waals surface area contributed by atoms with Gasteiger partial charge in [0, 0.05) is 11.4 Å². The van der Waals surface area contributed by atoms with E-state index in [-0.39, 0.29) is 5.41 Å². The molecular weight excluding hydrogens is 208 g/mol. The monoisotopic (exact) mass is 226 g/mol. The maximum Gasteiger partial charge on any atom is 0.130 e. The van der Waals surface area contributed by atoms with Gasteiger partial charge < -0.3 is 5.32 Å². The van der Waals surface area contributed by atoms with E-state index >= 15 is 0 Å². The number of hydrogen-bond acceptors (Lipinski definition) is 2. The van der Waals surface area contributed by atoms with Crippen LogP contribution in [0.4, 0.5) is 5.82 Å². The molecule has 0 saturated heterocycles. The lowest BCUT2D eigenvalue weighted by Crippen LogP contribution is -2.31. The first-order chi connectivity index (χ1) is 8.04. The van der Waals surface area contributed by atoms with Gasteiger partial charge in [-0.3, -0.25) is 0 Å². The molecule has 2 nitrogen and oxygen atoms in total. The standard InChI is InChI=1S/C15H18N2/c1-15(2,3)13-9-11-8-10-6-4-5-7-12(10)16-14(11)17-13/h4-8,13H,9H2,1-3H3,(H,16,17)/t13-/m0/s1. The Balaban J connectivity index is 2.06. The van der Waals surface area contributed by atoms with Crippen LogP contribution in [0.1, 0.15) is 26.3 Å². The van der Waals surface area contributed by atoms with E-state index < -0.39 is 0 Å². The molecule has 0 bridgehead atoms. The van der Waals surface area contributed by atoms with Gasteiger partial charge >= 0.3 is 0 Å². The lowest BCUT2D eigenvalue weighted by molar-refractivity contribution is 0.347. The summed E-state index contributed by atoms with van der Waals surface area (Å²) in [7, 11) is 0. The van der Waals surface area contributed by atoms with E-state index in [0.29, 0.717) is 6.04 Å². The zero-order chi connectivity index (χ0) is 12.0. The average Bonchev–Trinajstić information content (AvgIpc) is 2.68. The van der Waals surface area contributed by atoms with Crippen molar-refractivity contribution in [1.82, 2.24) is 4.98 Å². The summed E-state index contributed by atoms with van der Waals surface area (Å²) in [6.45, 7) is 6.82. The SMILES string of the molecule is CC(C)(C)[C@@H]1Cc2cc3ccccc3nc2N1. The number of benzene rings is 1. The molecule has 1 aliphatic heterocycles. The van der Waals surface area contributed by atoms with Crippen molar-refractivity contribution in [2.24, 2.45) is 5.41 Å². The summed E-state index contributed by atoms with van der Waals surface area (Å²) in [5.41, 5.74) is 2.70.